The molecule has 1 N–H and O–H groups in total. The maximum absolute atomic E-state index is 13.0. The Labute approximate surface area is 180 Å². The summed E-state index contributed by atoms with van der Waals surface area (Å²) in [5.41, 5.74) is 1.99. The van der Waals surface area contributed by atoms with E-state index in [4.69, 9.17) is 9.15 Å². The number of carbonyl (C=O) groups is 2. The number of amides is 1. The van der Waals surface area contributed by atoms with Gasteiger partial charge in [0.2, 0.25) is 0 Å². The lowest BCUT2D eigenvalue weighted by Crippen LogP contribution is -2.42. The van der Waals surface area contributed by atoms with Crippen LogP contribution in [0.3, 0.4) is 0 Å². The largest absolute Gasteiger partial charge is 0.458 e. The standard InChI is InChI=1S/C22H18F2N4O4/c1-12-5-13-7-14(10-26-20(29)17-11-27-28-4-2-3-25-19(17)28)31-18(13)16(6-12)21(30)32-15-8-22(23,24)9-15/h2-7,11,15H,8-10H2,1H3,(H,26,29). The van der Waals surface area contributed by atoms with E-state index in [1.807, 2.05) is 6.07 Å². The third-order valence-electron chi connectivity index (χ3n) is 5.30. The first-order chi connectivity index (χ1) is 15.3. The first-order valence-electron chi connectivity index (χ1n) is 9.97. The first-order valence-corrected chi connectivity index (χ1v) is 9.97. The number of benzene rings is 1. The zero-order valence-corrected chi connectivity index (χ0v) is 17.0. The van der Waals surface area contributed by atoms with E-state index in [-0.39, 0.29) is 23.6 Å². The summed E-state index contributed by atoms with van der Waals surface area (Å²) in [6, 6.07) is 6.84. The number of furan rings is 1. The quantitative estimate of drug-likeness (QED) is 0.476. The summed E-state index contributed by atoms with van der Waals surface area (Å²) in [5, 5.41) is 7.49. The molecule has 1 aromatic carbocycles. The number of hydrogen-bond acceptors (Lipinski definition) is 6. The van der Waals surface area contributed by atoms with Gasteiger partial charge in [-0.3, -0.25) is 4.79 Å². The number of hydrogen-bond donors (Lipinski definition) is 1. The minimum absolute atomic E-state index is 0.0695. The van der Waals surface area contributed by atoms with E-state index in [9.17, 15) is 18.4 Å². The molecule has 0 atom stereocenters. The fraction of sp³-hybridized carbons (Fsp3) is 0.273. The number of nitrogens with zero attached hydrogens (tertiary/aromatic N) is 3. The van der Waals surface area contributed by atoms with Crippen molar-refractivity contribution in [3.05, 3.63) is 65.3 Å². The van der Waals surface area contributed by atoms with Crippen LogP contribution in [0.15, 0.2) is 47.3 Å². The van der Waals surface area contributed by atoms with Crippen molar-refractivity contribution in [1.82, 2.24) is 19.9 Å². The number of alkyl halides is 2. The highest BCUT2D eigenvalue weighted by molar-refractivity contribution is 6.03. The highest BCUT2D eigenvalue weighted by atomic mass is 19.3. The lowest BCUT2D eigenvalue weighted by molar-refractivity contribution is -0.146. The number of fused-ring (bicyclic) bond motifs is 2. The van der Waals surface area contributed by atoms with Gasteiger partial charge in [0.25, 0.3) is 11.8 Å². The summed E-state index contributed by atoms with van der Waals surface area (Å²) in [7, 11) is 0. The predicted molar refractivity (Wildman–Crippen MR) is 108 cm³/mol. The zero-order valence-electron chi connectivity index (χ0n) is 17.0. The van der Waals surface area contributed by atoms with Crippen LogP contribution in [0.25, 0.3) is 16.6 Å². The highest BCUT2D eigenvalue weighted by Crippen LogP contribution is 2.40. The van der Waals surface area contributed by atoms with Crippen LogP contribution in [0, 0.1) is 6.92 Å². The molecule has 3 heterocycles. The second kappa shape index (κ2) is 7.40. The van der Waals surface area contributed by atoms with E-state index in [0.717, 1.165) is 5.56 Å². The smallest absolute Gasteiger partial charge is 0.342 e. The van der Waals surface area contributed by atoms with Gasteiger partial charge >= 0.3 is 5.97 Å². The van der Waals surface area contributed by atoms with E-state index in [2.05, 4.69) is 15.4 Å². The summed E-state index contributed by atoms with van der Waals surface area (Å²) < 4.78 is 38.6. The summed E-state index contributed by atoms with van der Waals surface area (Å²) >= 11 is 0. The third-order valence-corrected chi connectivity index (χ3v) is 5.30. The Hall–Kier alpha value is -3.82. The van der Waals surface area contributed by atoms with E-state index in [0.29, 0.717) is 22.4 Å². The van der Waals surface area contributed by atoms with Crippen molar-refractivity contribution in [1.29, 1.82) is 0 Å². The Balaban J connectivity index is 1.33. The fourth-order valence-electron chi connectivity index (χ4n) is 3.75. The normalized spacial score (nSPS) is 15.6. The fourth-order valence-corrected chi connectivity index (χ4v) is 3.75. The number of aryl methyl sites for hydroxylation is 1. The van der Waals surface area contributed by atoms with Crippen molar-refractivity contribution in [2.75, 3.05) is 0 Å². The molecule has 0 aliphatic heterocycles. The first kappa shape index (κ1) is 20.1. The molecule has 32 heavy (non-hydrogen) atoms. The SMILES string of the molecule is Cc1cc(C(=O)OC2CC(F)(F)C2)c2oc(CNC(=O)c3cnn4cccnc34)cc2c1. The molecule has 1 saturated carbocycles. The molecule has 3 aromatic heterocycles. The molecule has 0 spiro atoms. The Bertz CT molecular complexity index is 1350. The number of esters is 1. The van der Waals surface area contributed by atoms with Crippen molar-refractivity contribution < 1.29 is 27.5 Å². The van der Waals surface area contributed by atoms with Gasteiger partial charge < -0.3 is 14.5 Å². The lowest BCUT2D eigenvalue weighted by atomic mass is 9.91. The van der Waals surface area contributed by atoms with Crippen LogP contribution >= 0.6 is 0 Å². The number of carbonyl (C=O) groups excluding carboxylic acids is 2. The Morgan fingerprint density at radius 1 is 1.28 bits per heavy atom. The van der Waals surface area contributed by atoms with E-state index < -0.39 is 30.8 Å². The summed E-state index contributed by atoms with van der Waals surface area (Å²) in [5.74, 6) is -3.44. The summed E-state index contributed by atoms with van der Waals surface area (Å²) in [6.07, 6.45) is 2.94. The second-order valence-corrected chi connectivity index (χ2v) is 7.86. The maximum Gasteiger partial charge on any atom is 0.342 e. The van der Waals surface area contributed by atoms with Gasteiger partial charge in [-0.25, -0.2) is 23.1 Å². The topological polar surface area (TPSA) is 98.7 Å². The van der Waals surface area contributed by atoms with Crippen LogP contribution in [0.4, 0.5) is 8.78 Å². The van der Waals surface area contributed by atoms with Gasteiger partial charge in [0, 0.05) is 30.6 Å². The molecular formula is C22H18F2N4O4. The van der Waals surface area contributed by atoms with Gasteiger partial charge in [-0.1, -0.05) is 0 Å². The van der Waals surface area contributed by atoms with Crippen LogP contribution in [0.1, 0.15) is 44.9 Å². The molecule has 1 aliphatic carbocycles. The Morgan fingerprint density at radius 3 is 2.88 bits per heavy atom. The summed E-state index contributed by atoms with van der Waals surface area (Å²) in [4.78, 5) is 29.3. The van der Waals surface area contributed by atoms with Crippen molar-refractivity contribution in [3.63, 3.8) is 0 Å². The number of halogens is 2. The third kappa shape index (κ3) is 3.68. The van der Waals surface area contributed by atoms with Crippen LogP contribution < -0.4 is 5.32 Å². The molecule has 0 bridgehead atoms. The highest BCUT2D eigenvalue weighted by Gasteiger charge is 2.47. The number of rotatable bonds is 5. The molecule has 10 heteroatoms. The molecule has 1 fully saturated rings. The van der Waals surface area contributed by atoms with Crippen molar-refractivity contribution >= 4 is 28.5 Å². The average Bonchev–Trinajstić information content (AvgIpc) is 3.33. The number of nitrogens with one attached hydrogen (secondary N) is 1. The van der Waals surface area contributed by atoms with Crippen molar-refractivity contribution in [2.24, 2.45) is 0 Å². The van der Waals surface area contributed by atoms with Gasteiger partial charge in [0.15, 0.2) is 5.65 Å². The second-order valence-electron chi connectivity index (χ2n) is 7.86. The molecular weight excluding hydrogens is 422 g/mol. The molecule has 5 rings (SSSR count). The van der Waals surface area contributed by atoms with Crippen LogP contribution in [-0.4, -0.2) is 38.5 Å². The molecule has 8 nitrogen and oxygen atoms in total. The average molecular weight is 440 g/mol. The van der Waals surface area contributed by atoms with E-state index in [1.165, 1.54) is 10.7 Å². The van der Waals surface area contributed by atoms with Gasteiger partial charge in [-0.2, -0.15) is 5.10 Å². The van der Waals surface area contributed by atoms with Crippen LogP contribution in [-0.2, 0) is 11.3 Å². The molecule has 1 aliphatic rings. The minimum atomic E-state index is -2.78. The molecule has 4 aromatic rings. The van der Waals surface area contributed by atoms with Gasteiger partial charge in [-0.15, -0.1) is 0 Å². The van der Waals surface area contributed by atoms with Gasteiger partial charge in [0.1, 0.15) is 28.6 Å². The summed E-state index contributed by atoms with van der Waals surface area (Å²) in [6.45, 7) is 1.88. The Morgan fingerprint density at radius 2 is 2.09 bits per heavy atom. The van der Waals surface area contributed by atoms with E-state index in [1.54, 1.807) is 37.5 Å². The minimum Gasteiger partial charge on any atom is -0.458 e. The number of ether oxygens (including phenoxy) is 1. The van der Waals surface area contributed by atoms with Crippen LogP contribution in [0.5, 0.6) is 0 Å². The Kier molecular flexibility index (Phi) is 4.65. The molecule has 0 unspecified atom stereocenters. The van der Waals surface area contributed by atoms with Gasteiger partial charge in [-0.05, 0) is 36.8 Å². The molecule has 0 saturated heterocycles. The maximum atomic E-state index is 13.0. The zero-order chi connectivity index (χ0) is 22.5. The van der Waals surface area contributed by atoms with E-state index >= 15 is 0 Å². The lowest BCUT2D eigenvalue weighted by Gasteiger charge is -2.34. The van der Waals surface area contributed by atoms with Crippen LogP contribution in [0.2, 0.25) is 0 Å². The molecule has 0 radical (unpaired) electrons. The number of aromatic nitrogens is 3. The monoisotopic (exact) mass is 440 g/mol. The molecule has 164 valence electrons. The van der Waals surface area contributed by atoms with Crippen molar-refractivity contribution in [2.45, 2.75) is 38.3 Å². The van der Waals surface area contributed by atoms with Crippen molar-refractivity contribution in [3.8, 4) is 0 Å². The van der Waals surface area contributed by atoms with Gasteiger partial charge in [0.05, 0.1) is 12.7 Å². The predicted octanol–water partition coefficient (Wildman–Crippen LogP) is 3.67. The molecule has 1 amide bonds.